The van der Waals surface area contributed by atoms with Crippen LogP contribution in [0.5, 0.6) is 0 Å². The van der Waals surface area contributed by atoms with Crippen LogP contribution in [-0.4, -0.2) is 52.3 Å². The molecule has 1 aliphatic rings. The second-order valence-corrected chi connectivity index (χ2v) is 7.20. The number of carbonyl (C=O) groups is 1. The Kier molecular flexibility index (Phi) is 6.04. The molecule has 26 heavy (non-hydrogen) atoms. The van der Waals surface area contributed by atoms with Gasteiger partial charge in [-0.15, -0.1) is 0 Å². The number of amides is 1. The van der Waals surface area contributed by atoms with Crippen LogP contribution in [0.2, 0.25) is 0 Å². The van der Waals surface area contributed by atoms with Gasteiger partial charge in [-0.1, -0.05) is 13.0 Å². The molecule has 2 heterocycles. The molecule has 0 saturated heterocycles. The smallest absolute Gasteiger partial charge is 0.274 e. The van der Waals surface area contributed by atoms with Gasteiger partial charge in [-0.3, -0.25) is 14.5 Å². The standard InChI is InChI=1S/C20H29N5O/c1-4-12-25-18-8-7-16(22-11-9-15-6-5-10-21-14-15)13-17(18)19(23-25)20(26)24(2)3/h5-6,10,14,16,22H,4,7-9,11-13H2,1-3H3. The zero-order chi connectivity index (χ0) is 18.5. The first-order valence-electron chi connectivity index (χ1n) is 9.52. The molecule has 0 aromatic carbocycles. The first-order chi connectivity index (χ1) is 12.6. The molecule has 1 aliphatic carbocycles. The van der Waals surface area contributed by atoms with Crippen molar-refractivity contribution in [1.29, 1.82) is 0 Å². The molecule has 2 aromatic heterocycles. The normalized spacial score (nSPS) is 16.3. The zero-order valence-electron chi connectivity index (χ0n) is 16.0. The Morgan fingerprint density at radius 1 is 1.42 bits per heavy atom. The van der Waals surface area contributed by atoms with Gasteiger partial charge in [0.2, 0.25) is 0 Å². The summed E-state index contributed by atoms with van der Waals surface area (Å²) in [4.78, 5) is 18.4. The summed E-state index contributed by atoms with van der Waals surface area (Å²) in [6.07, 6.45) is 8.66. The topological polar surface area (TPSA) is 63.1 Å². The molecule has 0 saturated carbocycles. The van der Waals surface area contributed by atoms with Crippen molar-refractivity contribution in [2.75, 3.05) is 20.6 Å². The second-order valence-electron chi connectivity index (χ2n) is 7.20. The molecule has 6 heteroatoms. The van der Waals surface area contributed by atoms with Gasteiger partial charge in [0.05, 0.1) is 0 Å². The van der Waals surface area contributed by atoms with Crippen molar-refractivity contribution in [3.63, 3.8) is 0 Å². The Hall–Kier alpha value is -2.21. The van der Waals surface area contributed by atoms with Crippen molar-refractivity contribution >= 4 is 5.91 Å². The molecule has 1 atom stereocenters. The number of pyridine rings is 1. The van der Waals surface area contributed by atoms with Crippen LogP contribution in [0.3, 0.4) is 0 Å². The van der Waals surface area contributed by atoms with Gasteiger partial charge < -0.3 is 10.2 Å². The number of nitrogens with one attached hydrogen (secondary N) is 1. The predicted molar refractivity (Wildman–Crippen MR) is 102 cm³/mol. The fraction of sp³-hybridized carbons (Fsp3) is 0.550. The van der Waals surface area contributed by atoms with E-state index in [1.807, 2.05) is 12.3 Å². The number of rotatable bonds is 7. The zero-order valence-corrected chi connectivity index (χ0v) is 16.0. The molecular formula is C20H29N5O. The Labute approximate surface area is 155 Å². The van der Waals surface area contributed by atoms with Gasteiger partial charge in [-0.05, 0) is 50.3 Å². The van der Waals surface area contributed by atoms with E-state index in [0.29, 0.717) is 11.7 Å². The molecular weight excluding hydrogens is 326 g/mol. The fourth-order valence-corrected chi connectivity index (χ4v) is 3.61. The number of nitrogens with zero attached hydrogens (tertiary/aromatic N) is 4. The molecule has 6 nitrogen and oxygen atoms in total. The van der Waals surface area contributed by atoms with E-state index in [4.69, 9.17) is 0 Å². The summed E-state index contributed by atoms with van der Waals surface area (Å²) in [5.41, 5.74) is 4.28. The Morgan fingerprint density at radius 3 is 2.96 bits per heavy atom. The van der Waals surface area contributed by atoms with Gasteiger partial charge >= 0.3 is 0 Å². The lowest BCUT2D eigenvalue weighted by atomic mass is 9.91. The molecule has 0 radical (unpaired) electrons. The van der Waals surface area contributed by atoms with E-state index in [1.165, 1.54) is 11.3 Å². The minimum atomic E-state index is 0.00659. The average molecular weight is 355 g/mol. The summed E-state index contributed by atoms with van der Waals surface area (Å²) in [5.74, 6) is 0.00659. The van der Waals surface area contributed by atoms with Gasteiger partial charge in [0, 0.05) is 50.3 Å². The lowest BCUT2D eigenvalue weighted by Crippen LogP contribution is -2.36. The van der Waals surface area contributed by atoms with Gasteiger partial charge in [-0.25, -0.2) is 0 Å². The second kappa shape index (κ2) is 8.45. The van der Waals surface area contributed by atoms with Crippen LogP contribution in [0, 0.1) is 0 Å². The van der Waals surface area contributed by atoms with Gasteiger partial charge in [0.25, 0.3) is 5.91 Å². The van der Waals surface area contributed by atoms with Crippen LogP contribution in [0.1, 0.15) is 47.1 Å². The van der Waals surface area contributed by atoms with Crippen LogP contribution in [0.4, 0.5) is 0 Å². The van der Waals surface area contributed by atoms with Crippen molar-refractivity contribution in [2.45, 2.75) is 51.6 Å². The highest BCUT2D eigenvalue weighted by atomic mass is 16.2. The van der Waals surface area contributed by atoms with Crippen molar-refractivity contribution < 1.29 is 4.79 Å². The minimum absolute atomic E-state index is 0.00659. The number of fused-ring (bicyclic) bond motifs is 1. The molecule has 0 bridgehead atoms. The van der Waals surface area contributed by atoms with Crippen molar-refractivity contribution in [3.05, 3.63) is 47.0 Å². The van der Waals surface area contributed by atoms with E-state index in [2.05, 4.69) is 33.1 Å². The highest BCUT2D eigenvalue weighted by Gasteiger charge is 2.29. The van der Waals surface area contributed by atoms with Gasteiger partial charge in [0.1, 0.15) is 0 Å². The SMILES string of the molecule is CCCn1nc(C(=O)N(C)C)c2c1CCC(NCCc1cccnc1)C2. The lowest BCUT2D eigenvalue weighted by molar-refractivity contribution is 0.0819. The molecule has 1 unspecified atom stereocenters. The van der Waals surface area contributed by atoms with E-state index in [1.54, 1.807) is 25.2 Å². The third-order valence-corrected chi connectivity index (χ3v) is 4.96. The van der Waals surface area contributed by atoms with Crippen LogP contribution in [0.15, 0.2) is 24.5 Å². The van der Waals surface area contributed by atoms with Crippen LogP contribution in [-0.2, 0) is 25.8 Å². The third kappa shape index (κ3) is 4.12. The first-order valence-corrected chi connectivity index (χ1v) is 9.52. The summed E-state index contributed by atoms with van der Waals surface area (Å²) < 4.78 is 2.05. The highest BCUT2D eigenvalue weighted by Crippen LogP contribution is 2.26. The first kappa shape index (κ1) is 18.6. The van der Waals surface area contributed by atoms with Crippen molar-refractivity contribution in [3.8, 4) is 0 Å². The summed E-state index contributed by atoms with van der Waals surface area (Å²) >= 11 is 0. The molecule has 1 amide bonds. The summed E-state index contributed by atoms with van der Waals surface area (Å²) in [7, 11) is 3.58. The Morgan fingerprint density at radius 2 is 2.27 bits per heavy atom. The summed E-state index contributed by atoms with van der Waals surface area (Å²) in [5, 5.41) is 8.31. The van der Waals surface area contributed by atoms with Crippen LogP contribution >= 0.6 is 0 Å². The lowest BCUT2D eigenvalue weighted by Gasteiger charge is -2.25. The molecule has 3 rings (SSSR count). The van der Waals surface area contributed by atoms with E-state index in [0.717, 1.165) is 50.8 Å². The molecule has 0 spiro atoms. The van der Waals surface area contributed by atoms with E-state index >= 15 is 0 Å². The van der Waals surface area contributed by atoms with Crippen molar-refractivity contribution in [1.82, 2.24) is 25.0 Å². The maximum absolute atomic E-state index is 12.6. The van der Waals surface area contributed by atoms with Crippen molar-refractivity contribution in [2.24, 2.45) is 0 Å². The maximum atomic E-state index is 12.6. The third-order valence-electron chi connectivity index (χ3n) is 4.96. The monoisotopic (exact) mass is 355 g/mol. The van der Waals surface area contributed by atoms with Crippen LogP contribution < -0.4 is 5.32 Å². The summed E-state index contributed by atoms with van der Waals surface area (Å²) in [6, 6.07) is 4.48. The van der Waals surface area contributed by atoms with E-state index in [9.17, 15) is 4.79 Å². The summed E-state index contributed by atoms with van der Waals surface area (Å²) in [6.45, 7) is 3.95. The quantitative estimate of drug-likeness (QED) is 0.826. The Bertz CT molecular complexity index is 738. The van der Waals surface area contributed by atoms with E-state index < -0.39 is 0 Å². The van der Waals surface area contributed by atoms with Crippen LogP contribution in [0.25, 0.3) is 0 Å². The van der Waals surface area contributed by atoms with Gasteiger partial charge in [0.15, 0.2) is 5.69 Å². The molecule has 0 fully saturated rings. The predicted octanol–water partition coefficient (Wildman–Crippen LogP) is 2.08. The molecule has 2 aromatic rings. The largest absolute Gasteiger partial charge is 0.343 e. The van der Waals surface area contributed by atoms with Gasteiger partial charge in [-0.2, -0.15) is 5.10 Å². The maximum Gasteiger partial charge on any atom is 0.274 e. The molecule has 140 valence electrons. The average Bonchev–Trinajstić information content (AvgIpc) is 3.00. The van der Waals surface area contributed by atoms with E-state index in [-0.39, 0.29) is 5.91 Å². The molecule has 0 aliphatic heterocycles. The minimum Gasteiger partial charge on any atom is -0.343 e. The number of aryl methyl sites for hydroxylation is 1. The number of aromatic nitrogens is 3. The number of hydrogen-bond donors (Lipinski definition) is 1. The highest BCUT2D eigenvalue weighted by molar-refractivity contribution is 5.93. The fourth-order valence-electron chi connectivity index (χ4n) is 3.61. The number of carbonyl (C=O) groups excluding carboxylic acids is 1. The Balaban J connectivity index is 1.69. The number of hydrogen-bond acceptors (Lipinski definition) is 4. The molecule has 1 N–H and O–H groups in total.